The number of hydrogen-bond donors (Lipinski definition) is 2. The van der Waals surface area contributed by atoms with E-state index >= 15 is 0 Å². The monoisotopic (exact) mass is 210 g/mol. The van der Waals surface area contributed by atoms with Gasteiger partial charge in [-0.3, -0.25) is 9.59 Å². The molecule has 0 saturated carbocycles. The molecule has 1 aromatic heterocycles. The highest BCUT2D eigenvalue weighted by Gasteiger charge is 2.00. The number of rotatable bonds is 4. The van der Waals surface area contributed by atoms with Crippen molar-refractivity contribution in [2.24, 2.45) is 0 Å². The lowest BCUT2D eigenvalue weighted by Gasteiger charge is -2.03. The Balaban J connectivity index is 2.51. The summed E-state index contributed by atoms with van der Waals surface area (Å²) in [6, 6.07) is 1.31. The van der Waals surface area contributed by atoms with E-state index in [0.29, 0.717) is 25.1 Å². The minimum Gasteiger partial charge on any atom is -0.397 e. The van der Waals surface area contributed by atoms with Crippen LogP contribution in [-0.2, 0) is 11.3 Å². The van der Waals surface area contributed by atoms with Crippen molar-refractivity contribution in [3.8, 4) is 0 Å². The van der Waals surface area contributed by atoms with Gasteiger partial charge in [0, 0.05) is 26.1 Å². The van der Waals surface area contributed by atoms with Gasteiger partial charge in [0.15, 0.2) is 0 Å². The Bertz CT molecular complexity index is 399. The van der Waals surface area contributed by atoms with Gasteiger partial charge in [0.2, 0.25) is 5.91 Å². The third-order valence-electron chi connectivity index (χ3n) is 1.94. The van der Waals surface area contributed by atoms with E-state index in [2.05, 4.69) is 10.4 Å². The fraction of sp³-hybridized carbons (Fsp3) is 0.444. The zero-order chi connectivity index (χ0) is 11.3. The van der Waals surface area contributed by atoms with Crippen LogP contribution in [0.5, 0.6) is 0 Å². The lowest BCUT2D eigenvalue weighted by atomic mass is 10.3. The van der Waals surface area contributed by atoms with Crippen LogP contribution in [0.2, 0.25) is 0 Å². The van der Waals surface area contributed by atoms with Crippen LogP contribution in [0.1, 0.15) is 12.8 Å². The number of anilines is 1. The van der Waals surface area contributed by atoms with E-state index in [4.69, 9.17) is 5.73 Å². The molecule has 0 spiro atoms. The summed E-state index contributed by atoms with van der Waals surface area (Å²) in [6.07, 6.45) is 2.38. The normalized spacial score (nSPS) is 9.93. The van der Waals surface area contributed by atoms with Gasteiger partial charge in [-0.25, -0.2) is 4.68 Å². The molecule has 3 N–H and O–H groups in total. The molecule has 1 heterocycles. The van der Waals surface area contributed by atoms with E-state index < -0.39 is 0 Å². The Hall–Kier alpha value is -1.85. The Labute approximate surface area is 87.1 Å². The first kappa shape index (κ1) is 11.2. The molecule has 1 amide bonds. The van der Waals surface area contributed by atoms with Crippen LogP contribution in [-0.4, -0.2) is 22.7 Å². The molecule has 0 bridgehead atoms. The Morgan fingerprint density at radius 3 is 3.00 bits per heavy atom. The van der Waals surface area contributed by atoms with Crippen molar-refractivity contribution >= 4 is 11.6 Å². The average Bonchev–Trinajstić information content (AvgIpc) is 2.21. The highest BCUT2D eigenvalue weighted by Crippen LogP contribution is 1.94. The number of nitrogen functional groups attached to an aromatic ring is 1. The molecular formula is C9H14N4O2. The van der Waals surface area contributed by atoms with Gasteiger partial charge in [-0.05, 0) is 6.42 Å². The lowest BCUT2D eigenvalue weighted by Crippen LogP contribution is -2.24. The van der Waals surface area contributed by atoms with Gasteiger partial charge in [-0.2, -0.15) is 5.10 Å². The van der Waals surface area contributed by atoms with Crippen LogP contribution in [0.15, 0.2) is 17.1 Å². The summed E-state index contributed by atoms with van der Waals surface area (Å²) < 4.78 is 1.29. The van der Waals surface area contributed by atoms with Crippen LogP contribution >= 0.6 is 0 Å². The number of nitrogens with zero attached hydrogens (tertiary/aromatic N) is 2. The van der Waals surface area contributed by atoms with E-state index in [1.165, 1.54) is 16.9 Å². The third kappa shape index (κ3) is 3.41. The SMILES string of the molecule is CNC(=O)CCCn1ncc(N)cc1=O. The Morgan fingerprint density at radius 2 is 2.40 bits per heavy atom. The number of carbonyl (C=O) groups excluding carboxylic acids is 1. The summed E-state index contributed by atoms with van der Waals surface area (Å²) in [5.41, 5.74) is 5.49. The second-order valence-electron chi connectivity index (χ2n) is 3.13. The van der Waals surface area contributed by atoms with Crippen LogP contribution in [0.4, 0.5) is 5.69 Å². The summed E-state index contributed by atoms with van der Waals surface area (Å²) in [4.78, 5) is 22.2. The maximum absolute atomic E-state index is 11.3. The molecule has 0 unspecified atom stereocenters. The fourth-order valence-electron chi connectivity index (χ4n) is 1.13. The molecule has 1 aromatic rings. The van der Waals surface area contributed by atoms with Crippen molar-refractivity contribution in [1.82, 2.24) is 15.1 Å². The van der Waals surface area contributed by atoms with Crippen LogP contribution in [0, 0.1) is 0 Å². The average molecular weight is 210 g/mol. The molecule has 1 rings (SSSR count). The number of amides is 1. The van der Waals surface area contributed by atoms with E-state index in [-0.39, 0.29) is 11.5 Å². The predicted octanol–water partition coefficient (Wildman–Crippen LogP) is -0.648. The number of hydrogen-bond acceptors (Lipinski definition) is 4. The van der Waals surface area contributed by atoms with Crippen molar-refractivity contribution in [3.63, 3.8) is 0 Å². The third-order valence-corrected chi connectivity index (χ3v) is 1.94. The van der Waals surface area contributed by atoms with Crippen molar-refractivity contribution < 1.29 is 4.79 Å². The molecule has 0 saturated heterocycles. The molecule has 0 aromatic carbocycles. The number of nitrogens with one attached hydrogen (secondary N) is 1. The van der Waals surface area contributed by atoms with E-state index in [9.17, 15) is 9.59 Å². The van der Waals surface area contributed by atoms with Gasteiger partial charge < -0.3 is 11.1 Å². The van der Waals surface area contributed by atoms with Gasteiger partial charge >= 0.3 is 0 Å². The van der Waals surface area contributed by atoms with Gasteiger partial charge in [0.25, 0.3) is 5.56 Å². The van der Waals surface area contributed by atoms with Gasteiger partial charge in [0.1, 0.15) is 0 Å². The highest BCUT2D eigenvalue weighted by molar-refractivity contribution is 5.75. The van der Waals surface area contributed by atoms with Crippen LogP contribution in [0.25, 0.3) is 0 Å². The second-order valence-corrected chi connectivity index (χ2v) is 3.13. The molecule has 0 radical (unpaired) electrons. The summed E-state index contributed by atoms with van der Waals surface area (Å²) in [5.74, 6) is -0.0431. The highest BCUT2D eigenvalue weighted by atomic mass is 16.1. The van der Waals surface area contributed by atoms with E-state index in [1.54, 1.807) is 7.05 Å². The first-order valence-electron chi connectivity index (χ1n) is 4.66. The van der Waals surface area contributed by atoms with Crippen LogP contribution < -0.4 is 16.6 Å². The smallest absolute Gasteiger partial charge is 0.268 e. The summed E-state index contributed by atoms with van der Waals surface area (Å²) in [5, 5.41) is 6.36. The first-order chi connectivity index (χ1) is 7.13. The summed E-state index contributed by atoms with van der Waals surface area (Å²) >= 11 is 0. The van der Waals surface area contributed by atoms with Crippen LogP contribution in [0.3, 0.4) is 0 Å². The molecule has 0 aliphatic carbocycles. The molecule has 15 heavy (non-hydrogen) atoms. The maximum Gasteiger partial charge on any atom is 0.268 e. The molecule has 0 aliphatic rings. The first-order valence-corrected chi connectivity index (χ1v) is 4.66. The molecule has 0 atom stereocenters. The largest absolute Gasteiger partial charge is 0.397 e. The fourth-order valence-corrected chi connectivity index (χ4v) is 1.13. The molecule has 6 heteroatoms. The Kier molecular flexibility index (Phi) is 3.84. The van der Waals surface area contributed by atoms with Crippen molar-refractivity contribution in [2.45, 2.75) is 19.4 Å². The molecule has 0 aliphatic heterocycles. The standard InChI is InChI=1S/C9H14N4O2/c1-11-8(14)3-2-4-13-9(15)5-7(10)6-12-13/h5-6H,2-4,10H2,1H3,(H,11,14). The quantitative estimate of drug-likeness (QED) is 0.691. The van der Waals surface area contributed by atoms with Crippen molar-refractivity contribution in [1.29, 1.82) is 0 Å². The van der Waals surface area contributed by atoms with Gasteiger partial charge in [-0.1, -0.05) is 0 Å². The molecular weight excluding hydrogens is 196 g/mol. The summed E-state index contributed by atoms with van der Waals surface area (Å²) in [6.45, 7) is 0.423. The molecule has 82 valence electrons. The zero-order valence-corrected chi connectivity index (χ0v) is 8.56. The zero-order valence-electron chi connectivity index (χ0n) is 8.56. The van der Waals surface area contributed by atoms with Gasteiger partial charge in [-0.15, -0.1) is 0 Å². The van der Waals surface area contributed by atoms with E-state index in [1.807, 2.05) is 0 Å². The van der Waals surface area contributed by atoms with Crippen molar-refractivity contribution in [3.05, 3.63) is 22.6 Å². The minimum atomic E-state index is -0.244. The van der Waals surface area contributed by atoms with Crippen molar-refractivity contribution in [2.75, 3.05) is 12.8 Å². The number of carbonyl (C=O) groups is 1. The number of aromatic nitrogens is 2. The Morgan fingerprint density at radius 1 is 1.67 bits per heavy atom. The maximum atomic E-state index is 11.3. The van der Waals surface area contributed by atoms with Gasteiger partial charge in [0.05, 0.1) is 11.9 Å². The molecule has 0 fully saturated rings. The molecule has 6 nitrogen and oxygen atoms in total. The summed E-state index contributed by atoms with van der Waals surface area (Å²) in [7, 11) is 1.58. The minimum absolute atomic E-state index is 0.0431. The predicted molar refractivity (Wildman–Crippen MR) is 56.2 cm³/mol. The topological polar surface area (TPSA) is 90.0 Å². The van der Waals surface area contributed by atoms with E-state index in [0.717, 1.165) is 0 Å². The number of aryl methyl sites for hydroxylation is 1. The lowest BCUT2D eigenvalue weighted by molar-refractivity contribution is -0.120. The number of nitrogens with two attached hydrogens (primary N) is 1. The second kappa shape index (κ2) is 5.14.